The Bertz CT molecular complexity index is 86.6. The number of Topliss-reactive ketones (excluding diaryl/α,β-unsaturated/α-hetero) is 2. The maximum absolute atomic E-state index is 10.0. The molecule has 0 saturated carbocycles. The van der Waals surface area contributed by atoms with E-state index in [2.05, 4.69) is 0 Å². The standard InChI is InChI=1S/C5H8O2.W/c1-4(6)3-5(2)7;/h3H2,1-2H3;. The molecule has 0 aliphatic rings. The molecule has 0 atom stereocenters. The van der Waals surface area contributed by atoms with Crippen LogP contribution in [0.15, 0.2) is 0 Å². The molecule has 0 aromatic carbocycles. The molecule has 0 rings (SSSR count). The Morgan fingerprint density at radius 3 is 1.38 bits per heavy atom. The predicted molar refractivity (Wildman–Crippen MR) is 26.0 cm³/mol. The van der Waals surface area contributed by atoms with Crippen LogP contribution in [0.5, 0.6) is 0 Å². The fourth-order valence-electron chi connectivity index (χ4n) is 0.351. The topological polar surface area (TPSA) is 34.1 Å². The molecule has 0 aromatic heterocycles. The first-order valence-electron chi connectivity index (χ1n) is 2.12. The van der Waals surface area contributed by atoms with Crippen molar-refractivity contribution in [3.05, 3.63) is 0 Å². The number of hydrogen-bond acceptors (Lipinski definition) is 2. The molecule has 0 bridgehead atoms. The molecule has 0 fully saturated rings. The van der Waals surface area contributed by atoms with Gasteiger partial charge in [-0.25, -0.2) is 0 Å². The van der Waals surface area contributed by atoms with Gasteiger partial charge in [0.05, 0.1) is 6.42 Å². The van der Waals surface area contributed by atoms with E-state index in [1.54, 1.807) is 0 Å². The van der Waals surface area contributed by atoms with Crippen LogP contribution in [-0.4, -0.2) is 11.6 Å². The van der Waals surface area contributed by atoms with Crippen molar-refractivity contribution in [1.82, 2.24) is 0 Å². The zero-order valence-electron chi connectivity index (χ0n) is 4.93. The number of hydrogen-bond donors (Lipinski definition) is 0. The zero-order chi connectivity index (χ0) is 5.86. The van der Waals surface area contributed by atoms with Crippen LogP contribution in [0.1, 0.15) is 20.3 Å². The summed E-state index contributed by atoms with van der Waals surface area (Å²) in [6, 6.07) is 0. The molecule has 0 saturated heterocycles. The second kappa shape index (κ2) is 5.17. The van der Waals surface area contributed by atoms with Gasteiger partial charge in [-0.05, 0) is 13.8 Å². The first kappa shape index (κ1) is 10.9. The van der Waals surface area contributed by atoms with Crippen molar-refractivity contribution in [2.75, 3.05) is 0 Å². The van der Waals surface area contributed by atoms with Crippen molar-refractivity contribution in [1.29, 1.82) is 0 Å². The van der Waals surface area contributed by atoms with Crippen molar-refractivity contribution in [3.8, 4) is 0 Å². The number of ketones is 2. The maximum atomic E-state index is 10.0. The number of carbonyl (C=O) groups is 2. The minimum Gasteiger partial charge on any atom is -0.300 e. The predicted octanol–water partition coefficient (Wildman–Crippen LogP) is 0.552. The second-order valence-corrected chi connectivity index (χ2v) is 1.58. The molecule has 3 heteroatoms. The van der Waals surface area contributed by atoms with Crippen molar-refractivity contribution in [2.24, 2.45) is 0 Å². The van der Waals surface area contributed by atoms with E-state index >= 15 is 0 Å². The molecule has 0 aliphatic heterocycles. The molecular weight excluding hydrogens is 276 g/mol. The van der Waals surface area contributed by atoms with Crippen LogP contribution < -0.4 is 0 Å². The third-order valence-corrected chi connectivity index (χ3v) is 0.498. The fraction of sp³-hybridized carbons (Fsp3) is 0.600. The van der Waals surface area contributed by atoms with Crippen molar-refractivity contribution in [2.45, 2.75) is 20.3 Å². The fourth-order valence-corrected chi connectivity index (χ4v) is 0.351. The Labute approximate surface area is 62.9 Å². The molecule has 46 valence electrons. The maximum Gasteiger partial charge on any atom is 0.137 e. The van der Waals surface area contributed by atoms with Crippen LogP contribution in [-0.2, 0) is 30.7 Å². The summed E-state index contributed by atoms with van der Waals surface area (Å²) in [5, 5.41) is 0. The SMILES string of the molecule is CC(=O)CC(C)=O.[W]. The van der Waals surface area contributed by atoms with E-state index in [1.165, 1.54) is 13.8 Å². The van der Waals surface area contributed by atoms with E-state index in [1.807, 2.05) is 0 Å². The van der Waals surface area contributed by atoms with Crippen LogP contribution in [0.25, 0.3) is 0 Å². The molecule has 0 N–H and O–H groups in total. The van der Waals surface area contributed by atoms with Gasteiger partial charge in [-0.1, -0.05) is 0 Å². The van der Waals surface area contributed by atoms with Crippen molar-refractivity contribution in [3.63, 3.8) is 0 Å². The molecule has 0 spiro atoms. The summed E-state index contributed by atoms with van der Waals surface area (Å²) < 4.78 is 0. The third-order valence-electron chi connectivity index (χ3n) is 0.498. The normalized spacial score (nSPS) is 7.25. The van der Waals surface area contributed by atoms with Gasteiger partial charge >= 0.3 is 0 Å². The van der Waals surface area contributed by atoms with Gasteiger partial charge in [0.2, 0.25) is 0 Å². The molecule has 0 unspecified atom stereocenters. The van der Waals surface area contributed by atoms with Crippen LogP contribution in [0.2, 0.25) is 0 Å². The van der Waals surface area contributed by atoms with Gasteiger partial charge in [0.1, 0.15) is 11.6 Å². The molecule has 0 heterocycles. The van der Waals surface area contributed by atoms with Crippen LogP contribution in [0.4, 0.5) is 0 Å². The summed E-state index contributed by atoms with van der Waals surface area (Å²) in [6.45, 7) is 2.81. The average molecular weight is 284 g/mol. The summed E-state index contributed by atoms with van der Waals surface area (Å²) in [6.07, 6.45) is 0.0833. The van der Waals surface area contributed by atoms with Gasteiger partial charge in [-0.15, -0.1) is 0 Å². The molecule has 2 nitrogen and oxygen atoms in total. The monoisotopic (exact) mass is 284 g/mol. The molecule has 0 aliphatic carbocycles. The van der Waals surface area contributed by atoms with E-state index < -0.39 is 0 Å². The number of rotatable bonds is 2. The van der Waals surface area contributed by atoms with Gasteiger partial charge in [0, 0.05) is 21.1 Å². The molecular formula is C5H8O2W. The summed E-state index contributed by atoms with van der Waals surface area (Å²) in [5.74, 6) is -0.125. The summed E-state index contributed by atoms with van der Waals surface area (Å²) >= 11 is 0. The molecule has 0 amide bonds. The van der Waals surface area contributed by atoms with E-state index in [0.717, 1.165) is 0 Å². The molecule has 0 aromatic rings. The number of carbonyl (C=O) groups excluding carboxylic acids is 2. The molecule has 0 radical (unpaired) electrons. The minimum absolute atomic E-state index is 0. The first-order chi connectivity index (χ1) is 3.13. The van der Waals surface area contributed by atoms with Crippen LogP contribution in [0.3, 0.4) is 0 Å². The Morgan fingerprint density at radius 1 is 1.12 bits per heavy atom. The van der Waals surface area contributed by atoms with E-state index in [9.17, 15) is 9.59 Å². The Balaban J connectivity index is 0. The molecule has 8 heavy (non-hydrogen) atoms. The zero-order valence-corrected chi connectivity index (χ0v) is 7.87. The first-order valence-corrected chi connectivity index (χ1v) is 2.12. The van der Waals surface area contributed by atoms with Gasteiger partial charge in [-0.2, -0.15) is 0 Å². The quantitative estimate of drug-likeness (QED) is 0.694. The van der Waals surface area contributed by atoms with E-state index in [-0.39, 0.29) is 39.1 Å². The largest absolute Gasteiger partial charge is 0.300 e. The van der Waals surface area contributed by atoms with Crippen LogP contribution in [0, 0.1) is 0 Å². The minimum atomic E-state index is -0.0625. The second-order valence-electron chi connectivity index (χ2n) is 1.58. The van der Waals surface area contributed by atoms with Crippen molar-refractivity contribution < 1.29 is 30.7 Å². The van der Waals surface area contributed by atoms with Gasteiger partial charge in [-0.3, -0.25) is 9.59 Å². The summed E-state index contributed by atoms with van der Waals surface area (Å²) in [5.41, 5.74) is 0. The van der Waals surface area contributed by atoms with Gasteiger partial charge in [0.25, 0.3) is 0 Å². The van der Waals surface area contributed by atoms with Gasteiger partial charge < -0.3 is 0 Å². The Kier molecular flexibility index (Phi) is 7.05. The van der Waals surface area contributed by atoms with Crippen LogP contribution >= 0.6 is 0 Å². The Morgan fingerprint density at radius 2 is 1.38 bits per heavy atom. The Hall–Kier alpha value is 0.0283. The smallest absolute Gasteiger partial charge is 0.137 e. The van der Waals surface area contributed by atoms with E-state index in [4.69, 9.17) is 0 Å². The average Bonchev–Trinajstić information content (AvgIpc) is 1.27. The summed E-state index contributed by atoms with van der Waals surface area (Å²) in [4.78, 5) is 20.1. The van der Waals surface area contributed by atoms with E-state index in [0.29, 0.717) is 0 Å². The van der Waals surface area contributed by atoms with Crippen molar-refractivity contribution >= 4 is 11.6 Å². The van der Waals surface area contributed by atoms with Gasteiger partial charge in [0.15, 0.2) is 0 Å². The third kappa shape index (κ3) is 9.39. The summed E-state index contributed by atoms with van der Waals surface area (Å²) in [7, 11) is 0.